The highest BCUT2D eigenvalue weighted by atomic mass is 16.5. The molecular weight excluding hydrogens is 246 g/mol. The second kappa shape index (κ2) is 5.81. The van der Waals surface area contributed by atoms with Crippen molar-refractivity contribution in [3.63, 3.8) is 0 Å². The fourth-order valence-electron chi connectivity index (χ4n) is 1.74. The van der Waals surface area contributed by atoms with Crippen molar-refractivity contribution in [2.45, 2.75) is 19.4 Å². The zero-order valence-corrected chi connectivity index (χ0v) is 11.0. The number of rotatable bonds is 5. The van der Waals surface area contributed by atoms with Crippen molar-refractivity contribution in [2.75, 3.05) is 13.7 Å². The van der Waals surface area contributed by atoms with E-state index in [-0.39, 0.29) is 5.89 Å². The SMILES string of the molecule is COc1cc(C)ccc1-c1noc(C(O)CCN)n1. The van der Waals surface area contributed by atoms with Gasteiger partial charge in [0.1, 0.15) is 11.9 Å². The molecular formula is C13H17N3O3. The molecule has 2 aromatic rings. The molecule has 0 radical (unpaired) electrons. The molecule has 0 aliphatic carbocycles. The van der Waals surface area contributed by atoms with Gasteiger partial charge in [-0.2, -0.15) is 4.98 Å². The third kappa shape index (κ3) is 2.91. The lowest BCUT2D eigenvalue weighted by molar-refractivity contribution is 0.127. The van der Waals surface area contributed by atoms with E-state index in [1.807, 2.05) is 25.1 Å². The lowest BCUT2D eigenvalue weighted by Crippen LogP contribution is -2.06. The van der Waals surface area contributed by atoms with Crippen molar-refractivity contribution < 1.29 is 14.4 Å². The maximum absolute atomic E-state index is 9.74. The Kier molecular flexibility index (Phi) is 4.13. The molecule has 19 heavy (non-hydrogen) atoms. The molecule has 1 aromatic carbocycles. The summed E-state index contributed by atoms with van der Waals surface area (Å²) in [5.41, 5.74) is 7.18. The van der Waals surface area contributed by atoms with Gasteiger partial charge in [-0.05, 0) is 37.6 Å². The number of nitrogens with two attached hydrogens (primary N) is 1. The van der Waals surface area contributed by atoms with Crippen LogP contribution in [0.5, 0.6) is 5.75 Å². The van der Waals surface area contributed by atoms with Crippen LogP contribution in [0.15, 0.2) is 22.7 Å². The summed E-state index contributed by atoms with van der Waals surface area (Å²) >= 11 is 0. The van der Waals surface area contributed by atoms with Gasteiger partial charge in [-0.1, -0.05) is 11.2 Å². The first-order valence-corrected chi connectivity index (χ1v) is 6.02. The first kappa shape index (κ1) is 13.5. The van der Waals surface area contributed by atoms with Gasteiger partial charge < -0.3 is 20.1 Å². The molecule has 0 bridgehead atoms. The average Bonchev–Trinajstić information content (AvgIpc) is 2.88. The molecule has 0 fully saturated rings. The number of nitrogens with zero attached hydrogens (tertiary/aromatic N) is 2. The van der Waals surface area contributed by atoms with Crippen molar-refractivity contribution >= 4 is 0 Å². The molecule has 1 unspecified atom stereocenters. The molecule has 0 amide bonds. The van der Waals surface area contributed by atoms with Gasteiger partial charge in [0.05, 0.1) is 12.7 Å². The van der Waals surface area contributed by atoms with Gasteiger partial charge in [0, 0.05) is 0 Å². The normalized spacial score (nSPS) is 12.4. The first-order chi connectivity index (χ1) is 9.15. The Morgan fingerprint density at radius 2 is 2.26 bits per heavy atom. The van der Waals surface area contributed by atoms with Gasteiger partial charge >= 0.3 is 0 Å². The lowest BCUT2D eigenvalue weighted by atomic mass is 10.1. The van der Waals surface area contributed by atoms with E-state index in [4.69, 9.17) is 15.0 Å². The largest absolute Gasteiger partial charge is 0.496 e. The number of hydrogen-bond donors (Lipinski definition) is 2. The molecule has 6 nitrogen and oxygen atoms in total. The quantitative estimate of drug-likeness (QED) is 0.847. The molecule has 0 saturated heterocycles. The van der Waals surface area contributed by atoms with Gasteiger partial charge in [-0.25, -0.2) is 0 Å². The fourth-order valence-corrected chi connectivity index (χ4v) is 1.74. The van der Waals surface area contributed by atoms with Crippen LogP contribution in [0.3, 0.4) is 0 Å². The second-order valence-electron chi connectivity index (χ2n) is 4.25. The smallest absolute Gasteiger partial charge is 0.255 e. The zero-order chi connectivity index (χ0) is 13.8. The highest BCUT2D eigenvalue weighted by Gasteiger charge is 2.18. The number of hydrogen-bond acceptors (Lipinski definition) is 6. The Labute approximate surface area is 111 Å². The van der Waals surface area contributed by atoms with Crippen LogP contribution in [0.25, 0.3) is 11.4 Å². The summed E-state index contributed by atoms with van der Waals surface area (Å²) in [5, 5.41) is 13.6. The number of ether oxygens (including phenoxy) is 1. The molecule has 0 saturated carbocycles. The Morgan fingerprint density at radius 1 is 1.47 bits per heavy atom. The minimum Gasteiger partial charge on any atom is -0.496 e. The Balaban J connectivity index is 2.32. The van der Waals surface area contributed by atoms with Gasteiger partial charge in [-0.3, -0.25) is 0 Å². The summed E-state index contributed by atoms with van der Waals surface area (Å²) in [6.07, 6.45) is -0.449. The van der Waals surface area contributed by atoms with E-state index in [0.29, 0.717) is 24.5 Å². The van der Waals surface area contributed by atoms with Crippen molar-refractivity contribution in [1.82, 2.24) is 10.1 Å². The summed E-state index contributed by atoms with van der Waals surface area (Å²) in [7, 11) is 1.59. The van der Waals surface area contributed by atoms with Crippen LogP contribution >= 0.6 is 0 Å². The van der Waals surface area contributed by atoms with Crippen LogP contribution in [-0.2, 0) is 0 Å². The van der Waals surface area contributed by atoms with Crippen LogP contribution in [0, 0.1) is 6.92 Å². The number of aryl methyl sites for hydroxylation is 1. The molecule has 0 aliphatic heterocycles. The fraction of sp³-hybridized carbons (Fsp3) is 0.385. The highest BCUT2D eigenvalue weighted by molar-refractivity contribution is 5.64. The standard InChI is InChI=1S/C13H17N3O3/c1-8-3-4-9(11(7-8)18-2)12-15-13(19-16-12)10(17)5-6-14/h3-4,7,10,17H,5-6,14H2,1-2H3. The predicted octanol–water partition coefficient (Wildman–Crippen LogP) is 1.44. The molecule has 1 atom stereocenters. The maximum atomic E-state index is 9.74. The van der Waals surface area contributed by atoms with E-state index in [9.17, 15) is 5.11 Å². The summed E-state index contributed by atoms with van der Waals surface area (Å²) in [5.74, 6) is 1.23. The van der Waals surface area contributed by atoms with E-state index in [2.05, 4.69) is 10.1 Å². The lowest BCUT2D eigenvalue weighted by Gasteiger charge is -2.05. The van der Waals surface area contributed by atoms with Gasteiger partial charge in [0.25, 0.3) is 5.89 Å². The highest BCUT2D eigenvalue weighted by Crippen LogP contribution is 2.29. The molecule has 0 aliphatic rings. The Bertz CT molecular complexity index is 554. The number of aliphatic hydroxyl groups is 1. The second-order valence-corrected chi connectivity index (χ2v) is 4.25. The third-order valence-corrected chi connectivity index (χ3v) is 2.76. The zero-order valence-electron chi connectivity index (χ0n) is 11.0. The molecule has 3 N–H and O–H groups in total. The van der Waals surface area contributed by atoms with E-state index < -0.39 is 6.10 Å². The Morgan fingerprint density at radius 3 is 2.95 bits per heavy atom. The molecule has 1 heterocycles. The number of aromatic nitrogens is 2. The molecule has 6 heteroatoms. The van der Waals surface area contributed by atoms with E-state index in [0.717, 1.165) is 11.1 Å². The number of methoxy groups -OCH3 is 1. The minimum atomic E-state index is -0.831. The van der Waals surface area contributed by atoms with Gasteiger partial charge in [-0.15, -0.1) is 0 Å². The van der Waals surface area contributed by atoms with Crippen molar-refractivity contribution in [1.29, 1.82) is 0 Å². The average molecular weight is 263 g/mol. The van der Waals surface area contributed by atoms with E-state index >= 15 is 0 Å². The number of aliphatic hydroxyl groups excluding tert-OH is 1. The monoisotopic (exact) mass is 263 g/mol. The molecule has 1 aromatic heterocycles. The summed E-state index contributed by atoms with van der Waals surface area (Å²) < 4.78 is 10.3. The van der Waals surface area contributed by atoms with E-state index in [1.54, 1.807) is 7.11 Å². The van der Waals surface area contributed by atoms with Gasteiger partial charge in [0.2, 0.25) is 5.82 Å². The third-order valence-electron chi connectivity index (χ3n) is 2.76. The first-order valence-electron chi connectivity index (χ1n) is 6.02. The van der Waals surface area contributed by atoms with Crippen molar-refractivity contribution in [3.8, 4) is 17.1 Å². The topological polar surface area (TPSA) is 94.4 Å². The maximum Gasteiger partial charge on any atom is 0.255 e. The van der Waals surface area contributed by atoms with Crippen LogP contribution in [-0.4, -0.2) is 28.9 Å². The van der Waals surface area contributed by atoms with Crippen molar-refractivity contribution in [3.05, 3.63) is 29.7 Å². The number of benzene rings is 1. The molecule has 102 valence electrons. The summed E-state index contributed by atoms with van der Waals surface area (Å²) in [6.45, 7) is 2.33. The van der Waals surface area contributed by atoms with Gasteiger partial charge in [0.15, 0.2) is 0 Å². The van der Waals surface area contributed by atoms with E-state index in [1.165, 1.54) is 0 Å². The molecule has 0 spiro atoms. The predicted molar refractivity (Wildman–Crippen MR) is 69.7 cm³/mol. The van der Waals surface area contributed by atoms with Crippen molar-refractivity contribution in [2.24, 2.45) is 5.73 Å². The Hall–Kier alpha value is -1.92. The van der Waals surface area contributed by atoms with Crippen LogP contribution in [0.4, 0.5) is 0 Å². The van der Waals surface area contributed by atoms with Crippen LogP contribution in [0.2, 0.25) is 0 Å². The van der Waals surface area contributed by atoms with Crippen LogP contribution < -0.4 is 10.5 Å². The minimum absolute atomic E-state index is 0.170. The van der Waals surface area contributed by atoms with Crippen LogP contribution in [0.1, 0.15) is 24.0 Å². The summed E-state index contributed by atoms with van der Waals surface area (Å²) in [4.78, 5) is 4.17. The summed E-state index contributed by atoms with van der Waals surface area (Å²) in [6, 6.07) is 5.68. The molecule has 2 rings (SSSR count).